The van der Waals surface area contributed by atoms with Gasteiger partial charge in [-0.05, 0) is 64.2 Å². The number of unbranched alkanes of at least 4 members (excludes halogenated alkanes) is 30. The van der Waals surface area contributed by atoms with Gasteiger partial charge in [0.1, 0.15) is 19.8 Å². The third kappa shape index (κ3) is 58.7. The largest absolute Gasteiger partial charge is 0.756 e. The zero-order valence-corrected chi connectivity index (χ0v) is 49.7. The summed E-state index contributed by atoms with van der Waals surface area (Å²) in [5, 5.41) is 0. The molecule has 0 aromatic heterocycles. The molecule has 0 aromatic rings. The van der Waals surface area contributed by atoms with E-state index in [0.717, 1.165) is 83.5 Å². The maximum Gasteiger partial charge on any atom is 0.306 e. The molecule has 0 aliphatic heterocycles. The topological polar surface area (TPSA) is 111 Å². The van der Waals surface area contributed by atoms with Gasteiger partial charge in [-0.2, -0.15) is 0 Å². The van der Waals surface area contributed by atoms with Gasteiger partial charge in [0, 0.05) is 12.8 Å². The van der Waals surface area contributed by atoms with Crippen molar-refractivity contribution in [1.82, 2.24) is 0 Å². The predicted molar refractivity (Wildman–Crippen MR) is 314 cm³/mol. The van der Waals surface area contributed by atoms with Gasteiger partial charge in [0.25, 0.3) is 7.82 Å². The first-order chi connectivity index (χ1) is 36.0. The monoisotopic (exact) mass is 1060 g/mol. The summed E-state index contributed by atoms with van der Waals surface area (Å²) in [6.07, 6.45) is 72.5. The highest BCUT2D eigenvalue weighted by Crippen LogP contribution is 2.38. The van der Waals surface area contributed by atoms with Crippen molar-refractivity contribution in [2.45, 2.75) is 277 Å². The molecule has 430 valence electrons. The third-order valence-corrected chi connectivity index (χ3v) is 14.2. The second-order valence-corrected chi connectivity index (χ2v) is 23.1. The number of nitrogens with zero attached hydrogens (tertiary/aromatic N) is 1. The van der Waals surface area contributed by atoms with Gasteiger partial charge in [0.2, 0.25) is 0 Å². The first-order valence-electron chi connectivity index (χ1n) is 30.6. The van der Waals surface area contributed by atoms with Crippen molar-refractivity contribution >= 4 is 19.8 Å². The zero-order valence-electron chi connectivity index (χ0n) is 48.8. The van der Waals surface area contributed by atoms with Crippen molar-refractivity contribution in [1.29, 1.82) is 0 Å². The molecule has 0 N–H and O–H groups in total. The van der Waals surface area contributed by atoms with Crippen LogP contribution >= 0.6 is 7.82 Å². The van der Waals surface area contributed by atoms with E-state index in [1.54, 1.807) is 0 Å². The van der Waals surface area contributed by atoms with E-state index in [1.807, 2.05) is 21.1 Å². The lowest BCUT2D eigenvalue weighted by atomic mass is 10.0. The second-order valence-electron chi connectivity index (χ2n) is 21.7. The fourth-order valence-electron chi connectivity index (χ4n) is 8.54. The molecule has 9 nitrogen and oxygen atoms in total. The van der Waals surface area contributed by atoms with Gasteiger partial charge < -0.3 is 27.9 Å². The van der Waals surface area contributed by atoms with Gasteiger partial charge in [-0.15, -0.1) is 0 Å². The molecule has 0 amide bonds. The van der Waals surface area contributed by atoms with Crippen LogP contribution in [-0.2, 0) is 32.7 Å². The fraction of sp³-hybridized carbons (Fsp3) is 0.781. The van der Waals surface area contributed by atoms with Gasteiger partial charge in [-0.25, -0.2) is 0 Å². The van der Waals surface area contributed by atoms with Crippen LogP contribution in [0.2, 0.25) is 0 Å². The van der Waals surface area contributed by atoms with E-state index in [0.29, 0.717) is 17.4 Å². The normalized spacial score (nSPS) is 13.8. The molecule has 0 heterocycles. The van der Waals surface area contributed by atoms with Crippen molar-refractivity contribution in [2.75, 3.05) is 47.5 Å². The number of quaternary nitrogens is 1. The highest BCUT2D eigenvalue weighted by Gasteiger charge is 2.22. The minimum atomic E-state index is -4.65. The molecule has 0 aliphatic rings. The predicted octanol–water partition coefficient (Wildman–Crippen LogP) is 18.6. The first-order valence-corrected chi connectivity index (χ1v) is 32.1. The van der Waals surface area contributed by atoms with Crippen LogP contribution < -0.4 is 4.89 Å². The minimum Gasteiger partial charge on any atom is -0.756 e. The Hall–Kier alpha value is -2.55. The lowest BCUT2D eigenvalue weighted by molar-refractivity contribution is -0.870. The van der Waals surface area contributed by atoms with Gasteiger partial charge in [0.05, 0.1) is 27.7 Å². The van der Waals surface area contributed by atoms with Gasteiger partial charge in [0.15, 0.2) is 6.10 Å². The molecule has 2 atom stereocenters. The lowest BCUT2D eigenvalue weighted by Gasteiger charge is -2.28. The summed E-state index contributed by atoms with van der Waals surface area (Å²) in [5.41, 5.74) is 0. The number of rotatable bonds is 56. The maximum absolute atomic E-state index is 12.8. The highest BCUT2D eigenvalue weighted by atomic mass is 31.2. The second kappa shape index (κ2) is 55.2. The summed E-state index contributed by atoms with van der Waals surface area (Å²) in [6, 6.07) is 0. The summed E-state index contributed by atoms with van der Waals surface area (Å²) in [4.78, 5) is 37.9. The third-order valence-electron chi connectivity index (χ3n) is 13.2. The van der Waals surface area contributed by atoms with E-state index in [1.165, 1.54) is 154 Å². The van der Waals surface area contributed by atoms with Crippen molar-refractivity contribution < 1.29 is 42.1 Å². The van der Waals surface area contributed by atoms with Gasteiger partial charge in [-0.3, -0.25) is 14.2 Å². The quantitative estimate of drug-likeness (QED) is 0.0195. The van der Waals surface area contributed by atoms with E-state index >= 15 is 0 Å². The van der Waals surface area contributed by atoms with Crippen LogP contribution in [0.5, 0.6) is 0 Å². The number of phosphoric ester groups is 1. The molecule has 0 rings (SSSR count). The SMILES string of the molecule is CC/C=C\C/C=C\C/C=C\C/C=C\C/C=C\C/C=C\CCCCCCC(=O)OC(COC(=O)CCCCCCCCCCCCCCCCCCCCCCCCCCCCC)COP(=O)([O-])OCC[N+](C)(C)C. The van der Waals surface area contributed by atoms with Crippen LogP contribution in [0.4, 0.5) is 0 Å². The standard InChI is InChI=1S/C64H116NO8P/c1-6-8-10-12-14-16-18-20-22-24-26-28-30-31-32-33-35-36-38-40-42-44-46-48-50-52-54-56-63(66)70-60-62(61-72-74(68,69)71-59-58-65(3,4)5)73-64(67)57-55-53-51-49-47-45-43-41-39-37-34-29-27-25-23-21-19-17-15-13-11-9-7-2/h9,11,15,17,21,23,27,29,37,39,43,45,62H,6-8,10,12-14,16,18-20,22,24-26,28,30-36,38,40-42,44,46-61H2,1-5H3/b11-9-,17-15-,23-21-,29-27-,39-37-,45-43-. The molecule has 2 unspecified atom stereocenters. The van der Waals surface area contributed by atoms with Crippen LogP contribution in [0.25, 0.3) is 0 Å². The molecule has 74 heavy (non-hydrogen) atoms. The zero-order chi connectivity index (χ0) is 54.2. The fourth-order valence-corrected chi connectivity index (χ4v) is 9.27. The maximum atomic E-state index is 12.8. The van der Waals surface area contributed by atoms with Gasteiger partial charge >= 0.3 is 11.9 Å². The highest BCUT2D eigenvalue weighted by molar-refractivity contribution is 7.45. The van der Waals surface area contributed by atoms with E-state index in [9.17, 15) is 19.0 Å². The molecule has 10 heteroatoms. The molecule has 0 saturated carbocycles. The number of carbonyl (C=O) groups excluding carboxylic acids is 2. The van der Waals surface area contributed by atoms with Crippen LogP contribution in [0.1, 0.15) is 271 Å². The number of ether oxygens (including phenoxy) is 2. The number of esters is 2. The lowest BCUT2D eigenvalue weighted by Crippen LogP contribution is -2.37. The van der Waals surface area contributed by atoms with Crippen LogP contribution in [0.3, 0.4) is 0 Å². The van der Waals surface area contributed by atoms with Crippen molar-refractivity contribution in [3.8, 4) is 0 Å². The van der Waals surface area contributed by atoms with Crippen LogP contribution in [0, 0.1) is 0 Å². The Balaban J connectivity index is 4.15. The molecule has 0 aromatic carbocycles. The van der Waals surface area contributed by atoms with Crippen molar-refractivity contribution in [3.05, 3.63) is 72.9 Å². The Labute approximate surface area is 457 Å². The van der Waals surface area contributed by atoms with Crippen molar-refractivity contribution in [2.24, 2.45) is 0 Å². The first kappa shape index (κ1) is 71.5. The molecule has 0 saturated heterocycles. The number of hydrogen-bond acceptors (Lipinski definition) is 8. The molecule has 0 radical (unpaired) electrons. The van der Waals surface area contributed by atoms with Crippen LogP contribution in [0.15, 0.2) is 72.9 Å². The molecule has 0 spiro atoms. The number of phosphoric acid groups is 1. The van der Waals surface area contributed by atoms with Gasteiger partial charge in [-0.1, -0.05) is 267 Å². The summed E-state index contributed by atoms with van der Waals surface area (Å²) in [7, 11) is 1.15. The Morgan fingerprint density at radius 3 is 1.15 bits per heavy atom. The minimum absolute atomic E-state index is 0.0382. The molecular formula is C64H116NO8P. The van der Waals surface area contributed by atoms with E-state index in [2.05, 4.69) is 86.8 Å². The summed E-state index contributed by atoms with van der Waals surface area (Å²) >= 11 is 0. The van der Waals surface area contributed by atoms with E-state index in [-0.39, 0.29) is 32.0 Å². The molecule has 0 aliphatic carbocycles. The Kier molecular flexibility index (Phi) is 53.3. The number of carbonyl (C=O) groups is 2. The Bertz CT molecular complexity index is 1480. The molecular weight excluding hydrogens is 942 g/mol. The number of allylic oxidation sites excluding steroid dienone is 12. The Morgan fingerprint density at radius 1 is 0.432 bits per heavy atom. The summed E-state index contributed by atoms with van der Waals surface area (Å²) < 4.78 is 34.2. The average molecular weight is 1060 g/mol. The van der Waals surface area contributed by atoms with Crippen molar-refractivity contribution in [3.63, 3.8) is 0 Å². The summed E-state index contributed by atoms with van der Waals surface area (Å²) in [6.45, 7) is 4.12. The average Bonchev–Trinajstić information content (AvgIpc) is 3.36. The Morgan fingerprint density at radius 2 is 0.770 bits per heavy atom. The number of hydrogen-bond donors (Lipinski definition) is 0. The molecule has 0 fully saturated rings. The van der Waals surface area contributed by atoms with E-state index < -0.39 is 26.5 Å². The number of likely N-dealkylation sites (N-methyl/N-ethyl adjacent to an activating group) is 1. The summed E-state index contributed by atoms with van der Waals surface area (Å²) in [5.74, 6) is -0.856. The smallest absolute Gasteiger partial charge is 0.306 e. The molecule has 0 bridgehead atoms. The van der Waals surface area contributed by atoms with E-state index in [4.69, 9.17) is 18.5 Å². The van der Waals surface area contributed by atoms with Crippen LogP contribution in [-0.4, -0.2) is 70.0 Å².